The molecule has 0 aliphatic rings. The minimum atomic E-state index is 0.887. The molecule has 0 spiro atoms. The third kappa shape index (κ3) is 6.61. The maximum atomic E-state index is 6.34. The smallest absolute Gasteiger partial charge is 0.136 e. The van der Waals surface area contributed by atoms with Crippen LogP contribution < -0.4 is 4.90 Å². The summed E-state index contributed by atoms with van der Waals surface area (Å²) in [5, 5.41) is 4.72. The molecule has 10 aromatic carbocycles. The van der Waals surface area contributed by atoms with E-state index in [0.29, 0.717) is 0 Å². The number of anilines is 3. The molecule has 1 heterocycles. The predicted molar refractivity (Wildman–Crippen MR) is 253 cm³/mol. The van der Waals surface area contributed by atoms with Gasteiger partial charge < -0.3 is 9.32 Å². The van der Waals surface area contributed by atoms with Gasteiger partial charge in [-0.1, -0.05) is 182 Å². The van der Waals surface area contributed by atoms with Crippen LogP contribution in [0.2, 0.25) is 0 Å². The van der Waals surface area contributed by atoms with Gasteiger partial charge in [0.1, 0.15) is 11.2 Å². The van der Waals surface area contributed by atoms with Gasteiger partial charge >= 0.3 is 0 Å². The fraction of sp³-hybridized carbons (Fsp3) is 0. The topological polar surface area (TPSA) is 16.4 Å². The molecule has 282 valence electrons. The normalized spacial score (nSPS) is 11.3. The lowest BCUT2D eigenvalue weighted by Gasteiger charge is -2.29. The van der Waals surface area contributed by atoms with E-state index in [1.54, 1.807) is 0 Å². The van der Waals surface area contributed by atoms with Gasteiger partial charge in [0.25, 0.3) is 0 Å². The summed E-state index contributed by atoms with van der Waals surface area (Å²) in [4.78, 5) is 2.42. The van der Waals surface area contributed by atoms with Crippen LogP contribution in [-0.4, -0.2) is 0 Å². The molecule has 0 atom stereocenters. The van der Waals surface area contributed by atoms with Crippen LogP contribution >= 0.6 is 0 Å². The van der Waals surface area contributed by atoms with Crippen molar-refractivity contribution in [3.8, 4) is 55.6 Å². The second-order valence-corrected chi connectivity index (χ2v) is 15.3. The standard InChI is InChI=1S/C58H39NO/c1-3-12-40(13-4-1)42-22-24-43(25-23-42)44-28-32-51(33-29-44)59(52-19-11-18-47(37-52)50-31-35-55-54-20-9-10-21-57(54)60-58(55)39-50)56-38-49(30-34-53(56)45-15-5-2-6-16-45)48-27-26-41-14-7-8-17-46(41)36-48/h1-39H. The van der Waals surface area contributed by atoms with E-state index in [2.05, 4.69) is 229 Å². The third-order valence-corrected chi connectivity index (χ3v) is 11.7. The van der Waals surface area contributed by atoms with E-state index >= 15 is 0 Å². The summed E-state index contributed by atoms with van der Waals surface area (Å²) in [6, 6.07) is 85.1. The second-order valence-electron chi connectivity index (χ2n) is 15.3. The first-order valence-corrected chi connectivity index (χ1v) is 20.5. The average Bonchev–Trinajstić information content (AvgIpc) is 3.70. The third-order valence-electron chi connectivity index (χ3n) is 11.7. The first-order chi connectivity index (χ1) is 29.7. The predicted octanol–water partition coefficient (Wildman–Crippen LogP) is 16.5. The number of fused-ring (bicyclic) bond motifs is 4. The Morgan fingerprint density at radius 3 is 1.55 bits per heavy atom. The highest BCUT2D eigenvalue weighted by Gasteiger charge is 2.20. The van der Waals surface area contributed by atoms with Crippen LogP contribution in [0.15, 0.2) is 241 Å². The lowest BCUT2D eigenvalue weighted by Crippen LogP contribution is -2.11. The van der Waals surface area contributed by atoms with Gasteiger partial charge in [-0.15, -0.1) is 0 Å². The first kappa shape index (κ1) is 35.2. The molecule has 11 aromatic rings. The fourth-order valence-corrected chi connectivity index (χ4v) is 8.57. The molecule has 0 radical (unpaired) electrons. The number of rotatable bonds is 8. The van der Waals surface area contributed by atoms with E-state index < -0.39 is 0 Å². The minimum absolute atomic E-state index is 0.887. The van der Waals surface area contributed by atoms with Crippen LogP contribution in [0.3, 0.4) is 0 Å². The zero-order valence-corrected chi connectivity index (χ0v) is 32.9. The van der Waals surface area contributed by atoms with Crippen molar-refractivity contribution in [3.05, 3.63) is 237 Å². The fourth-order valence-electron chi connectivity index (χ4n) is 8.57. The van der Waals surface area contributed by atoms with E-state index in [-0.39, 0.29) is 0 Å². The molecule has 0 N–H and O–H groups in total. The van der Waals surface area contributed by atoms with Gasteiger partial charge in [0.15, 0.2) is 0 Å². The Kier molecular flexibility index (Phi) is 8.87. The van der Waals surface area contributed by atoms with Crippen LogP contribution in [0.5, 0.6) is 0 Å². The molecule has 0 aliphatic carbocycles. The SMILES string of the molecule is c1ccc(-c2ccc(-c3ccc(N(c4cccc(-c5ccc6c(c5)oc5ccccc56)c4)c4cc(-c5ccc6ccccc6c5)ccc4-c4ccccc4)cc3)cc2)cc1. The number of para-hydroxylation sites is 1. The lowest BCUT2D eigenvalue weighted by molar-refractivity contribution is 0.669. The lowest BCUT2D eigenvalue weighted by atomic mass is 9.95. The molecule has 0 fully saturated rings. The van der Waals surface area contributed by atoms with Crippen LogP contribution in [0, 0.1) is 0 Å². The van der Waals surface area contributed by atoms with Gasteiger partial charge in [-0.25, -0.2) is 0 Å². The summed E-state index contributed by atoms with van der Waals surface area (Å²) in [7, 11) is 0. The van der Waals surface area contributed by atoms with E-state index in [0.717, 1.165) is 66.8 Å². The van der Waals surface area contributed by atoms with Crippen molar-refractivity contribution < 1.29 is 4.42 Å². The number of nitrogens with zero attached hydrogens (tertiary/aromatic N) is 1. The molecule has 60 heavy (non-hydrogen) atoms. The second kappa shape index (κ2) is 15.1. The van der Waals surface area contributed by atoms with Gasteiger partial charge in [-0.2, -0.15) is 0 Å². The molecule has 0 amide bonds. The molecular formula is C58H39NO. The summed E-state index contributed by atoms with van der Waals surface area (Å²) < 4.78 is 6.34. The summed E-state index contributed by atoms with van der Waals surface area (Å²) >= 11 is 0. The molecule has 0 unspecified atom stereocenters. The Morgan fingerprint density at radius 1 is 0.267 bits per heavy atom. The number of benzene rings is 10. The van der Waals surface area contributed by atoms with Gasteiger partial charge in [0, 0.05) is 27.7 Å². The van der Waals surface area contributed by atoms with Crippen molar-refractivity contribution in [2.24, 2.45) is 0 Å². The minimum Gasteiger partial charge on any atom is -0.456 e. The molecule has 0 saturated carbocycles. The molecule has 11 rings (SSSR count). The zero-order valence-electron chi connectivity index (χ0n) is 32.9. The van der Waals surface area contributed by atoms with Crippen molar-refractivity contribution in [2.75, 3.05) is 4.90 Å². The summed E-state index contributed by atoms with van der Waals surface area (Å²) in [6.45, 7) is 0. The van der Waals surface area contributed by atoms with Crippen LogP contribution in [0.4, 0.5) is 17.1 Å². The Labute approximate surface area is 349 Å². The van der Waals surface area contributed by atoms with E-state index in [9.17, 15) is 0 Å². The van der Waals surface area contributed by atoms with Crippen molar-refractivity contribution >= 4 is 49.8 Å². The number of hydrogen-bond donors (Lipinski definition) is 0. The molecular weight excluding hydrogens is 727 g/mol. The monoisotopic (exact) mass is 765 g/mol. The molecule has 2 nitrogen and oxygen atoms in total. The average molecular weight is 766 g/mol. The molecule has 1 aromatic heterocycles. The van der Waals surface area contributed by atoms with Gasteiger partial charge in [-0.3, -0.25) is 0 Å². The highest BCUT2D eigenvalue weighted by atomic mass is 16.3. The van der Waals surface area contributed by atoms with E-state index in [4.69, 9.17) is 4.42 Å². The highest BCUT2D eigenvalue weighted by molar-refractivity contribution is 6.06. The number of furan rings is 1. The Bertz CT molecular complexity index is 3290. The molecule has 0 bridgehead atoms. The van der Waals surface area contributed by atoms with Crippen molar-refractivity contribution in [1.29, 1.82) is 0 Å². The first-order valence-electron chi connectivity index (χ1n) is 20.5. The maximum Gasteiger partial charge on any atom is 0.136 e. The van der Waals surface area contributed by atoms with Crippen LogP contribution in [0.1, 0.15) is 0 Å². The summed E-state index contributed by atoms with van der Waals surface area (Å²) in [5.41, 5.74) is 16.6. The van der Waals surface area contributed by atoms with E-state index in [1.807, 2.05) is 12.1 Å². The van der Waals surface area contributed by atoms with Crippen LogP contribution in [-0.2, 0) is 0 Å². The molecule has 2 heteroatoms. The summed E-state index contributed by atoms with van der Waals surface area (Å²) in [6.07, 6.45) is 0. The largest absolute Gasteiger partial charge is 0.456 e. The van der Waals surface area contributed by atoms with Crippen molar-refractivity contribution in [1.82, 2.24) is 0 Å². The van der Waals surface area contributed by atoms with Gasteiger partial charge in [0.05, 0.1) is 5.69 Å². The van der Waals surface area contributed by atoms with E-state index in [1.165, 1.54) is 38.6 Å². The zero-order chi connectivity index (χ0) is 39.8. The molecule has 0 saturated heterocycles. The highest BCUT2D eigenvalue weighted by Crippen LogP contribution is 2.45. The Morgan fingerprint density at radius 2 is 0.783 bits per heavy atom. The van der Waals surface area contributed by atoms with Crippen molar-refractivity contribution in [3.63, 3.8) is 0 Å². The van der Waals surface area contributed by atoms with Crippen molar-refractivity contribution in [2.45, 2.75) is 0 Å². The van der Waals surface area contributed by atoms with Crippen LogP contribution in [0.25, 0.3) is 88.3 Å². The quantitative estimate of drug-likeness (QED) is 0.153. The molecule has 0 aliphatic heterocycles. The van der Waals surface area contributed by atoms with Gasteiger partial charge in [-0.05, 0) is 115 Å². The Balaban J connectivity index is 1.06. The maximum absolute atomic E-state index is 6.34. The Hall–Kier alpha value is -7.94. The van der Waals surface area contributed by atoms with Gasteiger partial charge in [0.2, 0.25) is 0 Å². The number of hydrogen-bond acceptors (Lipinski definition) is 2. The summed E-state index contributed by atoms with van der Waals surface area (Å²) in [5.74, 6) is 0.